The topological polar surface area (TPSA) is 128 Å². The van der Waals surface area contributed by atoms with Crippen molar-refractivity contribution in [2.75, 3.05) is 24.9 Å². The average molecular weight is 560 g/mol. The number of carbonyl (C=O) groups is 1. The van der Waals surface area contributed by atoms with E-state index < -0.39 is 11.8 Å². The SMILES string of the molecule is COc1cc2nccc(Oc3ccc(NC(=O)Nc4nc(C(C)(C)C)[nH]c4-c4ccnn4C)cc3F)c2cc1OC. The predicted octanol–water partition coefficient (Wildman–Crippen LogP) is 6.25. The second-order valence-corrected chi connectivity index (χ2v) is 10.3. The molecule has 11 nitrogen and oxygen atoms in total. The summed E-state index contributed by atoms with van der Waals surface area (Å²) in [6.45, 7) is 6.03. The third-order valence-corrected chi connectivity index (χ3v) is 6.34. The van der Waals surface area contributed by atoms with Crippen LogP contribution in [-0.2, 0) is 12.5 Å². The molecule has 0 saturated carbocycles. The van der Waals surface area contributed by atoms with Gasteiger partial charge in [0.1, 0.15) is 17.3 Å². The lowest BCUT2D eigenvalue weighted by molar-refractivity contribution is 0.262. The molecule has 0 aliphatic heterocycles. The number of nitrogens with one attached hydrogen (secondary N) is 3. The van der Waals surface area contributed by atoms with Gasteiger partial charge in [-0.25, -0.2) is 14.2 Å². The predicted molar refractivity (Wildman–Crippen MR) is 153 cm³/mol. The molecule has 0 radical (unpaired) electrons. The molecule has 0 unspecified atom stereocenters. The number of hydrogen-bond acceptors (Lipinski definition) is 7. The smallest absolute Gasteiger partial charge is 0.324 e. The molecule has 41 heavy (non-hydrogen) atoms. The number of halogens is 1. The summed E-state index contributed by atoms with van der Waals surface area (Å²) >= 11 is 0. The zero-order valence-corrected chi connectivity index (χ0v) is 23.5. The summed E-state index contributed by atoms with van der Waals surface area (Å²) in [5.41, 5.74) is 1.88. The van der Waals surface area contributed by atoms with E-state index in [4.69, 9.17) is 14.2 Å². The number of fused-ring (bicyclic) bond motifs is 1. The molecule has 0 spiro atoms. The van der Waals surface area contributed by atoms with E-state index in [2.05, 4.69) is 30.7 Å². The third-order valence-electron chi connectivity index (χ3n) is 6.34. The van der Waals surface area contributed by atoms with Crippen LogP contribution in [0.5, 0.6) is 23.0 Å². The third kappa shape index (κ3) is 5.62. The summed E-state index contributed by atoms with van der Waals surface area (Å²) in [7, 11) is 4.86. The Morgan fingerprint density at radius 2 is 1.71 bits per heavy atom. The van der Waals surface area contributed by atoms with Crippen LogP contribution in [0.15, 0.2) is 54.9 Å². The number of aromatic nitrogens is 5. The second kappa shape index (κ2) is 10.8. The van der Waals surface area contributed by atoms with Gasteiger partial charge in [-0.1, -0.05) is 20.8 Å². The molecule has 0 aliphatic rings. The molecule has 3 heterocycles. The Hall–Kier alpha value is -5.13. The molecule has 0 fully saturated rings. The van der Waals surface area contributed by atoms with E-state index in [1.165, 1.54) is 32.4 Å². The van der Waals surface area contributed by atoms with E-state index in [0.717, 1.165) is 5.69 Å². The highest BCUT2D eigenvalue weighted by Crippen LogP contribution is 2.37. The van der Waals surface area contributed by atoms with Gasteiger partial charge in [-0.2, -0.15) is 5.10 Å². The summed E-state index contributed by atoms with van der Waals surface area (Å²) in [6.07, 6.45) is 3.22. The van der Waals surface area contributed by atoms with Crippen LogP contribution in [0.1, 0.15) is 26.6 Å². The minimum atomic E-state index is -0.668. The summed E-state index contributed by atoms with van der Waals surface area (Å²) in [5, 5.41) is 10.2. The Bertz CT molecular complexity index is 1740. The standard InChI is InChI=1S/C29H30FN7O4/c1-29(2,3)27-34-25(20-9-12-32-37(20)4)26(35-27)36-28(38)33-16-7-8-22(18(30)13-16)41-21-10-11-31-19-15-24(40-6)23(39-5)14-17(19)21/h7-15H,1-6H3,(H,34,35)(H2,33,36,38). The average Bonchev–Trinajstić information content (AvgIpc) is 3.55. The number of benzene rings is 2. The number of amides is 2. The highest BCUT2D eigenvalue weighted by molar-refractivity contribution is 6.01. The fourth-order valence-corrected chi connectivity index (χ4v) is 4.21. The van der Waals surface area contributed by atoms with Gasteiger partial charge in [-0.3, -0.25) is 15.0 Å². The first-order valence-electron chi connectivity index (χ1n) is 12.7. The number of aryl methyl sites for hydroxylation is 1. The number of aromatic amines is 1. The number of carbonyl (C=O) groups excluding carboxylic acids is 1. The van der Waals surface area contributed by atoms with Crippen molar-refractivity contribution in [3.05, 3.63) is 66.5 Å². The Morgan fingerprint density at radius 3 is 2.37 bits per heavy atom. The minimum absolute atomic E-state index is 0.0288. The fourth-order valence-electron chi connectivity index (χ4n) is 4.21. The summed E-state index contributed by atoms with van der Waals surface area (Å²) in [4.78, 5) is 25.1. The number of rotatable bonds is 7. The lowest BCUT2D eigenvalue weighted by Gasteiger charge is -2.14. The molecule has 212 valence electrons. The van der Waals surface area contributed by atoms with Gasteiger partial charge in [-0.05, 0) is 30.3 Å². The Labute approximate surface area is 235 Å². The second-order valence-electron chi connectivity index (χ2n) is 10.3. The van der Waals surface area contributed by atoms with E-state index in [1.807, 2.05) is 26.8 Å². The summed E-state index contributed by atoms with van der Waals surface area (Å²) in [6, 6.07) is 10.4. The van der Waals surface area contributed by atoms with Crippen molar-refractivity contribution in [3.63, 3.8) is 0 Å². The number of urea groups is 1. The van der Waals surface area contributed by atoms with Crippen molar-refractivity contribution in [1.29, 1.82) is 0 Å². The first-order chi connectivity index (χ1) is 19.6. The van der Waals surface area contributed by atoms with Crippen LogP contribution in [0.4, 0.5) is 20.7 Å². The molecule has 12 heteroatoms. The van der Waals surface area contributed by atoms with Gasteiger partial charge in [0.2, 0.25) is 0 Å². The molecule has 0 aliphatic carbocycles. The molecule has 5 rings (SSSR count). The molecular formula is C29H30FN7O4. The maximum Gasteiger partial charge on any atom is 0.324 e. The molecule has 0 bridgehead atoms. The first kappa shape index (κ1) is 27.4. The van der Waals surface area contributed by atoms with E-state index in [-0.39, 0.29) is 16.9 Å². The Balaban J connectivity index is 1.35. The zero-order chi connectivity index (χ0) is 29.3. The monoisotopic (exact) mass is 559 g/mol. The van der Waals surface area contributed by atoms with Crippen LogP contribution in [0.2, 0.25) is 0 Å². The largest absolute Gasteiger partial charge is 0.493 e. The molecule has 2 amide bonds. The van der Waals surface area contributed by atoms with Crippen molar-refractivity contribution in [2.24, 2.45) is 7.05 Å². The van der Waals surface area contributed by atoms with E-state index in [0.29, 0.717) is 45.5 Å². The quantitative estimate of drug-likeness (QED) is 0.215. The molecule has 3 N–H and O–H groups in total. The zero-order valence-electron chi connectivity index (χ0n) is 23.5. The van der Waals surface area contributed by atoms with E-state index in [1.54, 1.807) is 42.3 Å². The molecule has 3 aromatic heterocycles. The van der Waals surface area contributed by atoms with Crippen LogP contribution in [0.3, 0.4) is 0 Å². The number of pyridine rings is 1. The number of hydrogen-bond donors (Lipinski definition) is 3. The normalized spacial score (nSPS) is 11.4. The summed E-state index contributed by atoms with van der Waals surface area (Å²) in [5.74, 6) is 1.70. The van der Waals surface area contributed by atoms with Crippen molar-refractivity contribution in [2.45, 2.75) is 26.2 Å². The van der Waals surface area contributed by atoms with Gasteiger partial charge in [0.15, 0.2) is 28.9 Å². The Morgan fingerprint density at radius 1 is 0.951 bits per heavy atom. The number of ether oxygens (including phenoxy) is 3. The summed E-state index contributed by atoms with van der Waals surface area (Å²) < 4.78 is 33.4. The van der Waals surface area contributed by atoms with Crippen molar-refractivity contribution in [3.8, 4) is 34.4 Å². The maximum atomic E-state index is 15.1. The van der Waals surface area contributed by atoms with Crippen LogP contribution >= 0.6 is 0 Å². The van der Waals surface area contributed by atoms with Crippen molar-refractivity contribution in [1.82, 2.24) is 24.7 Å². The van der Waals surface area contributed by atoms with Gasteiger partial charge in [0.25, 0.3) is 0 Å². The van der Waals surface area contributed by atoms with Crippen LogP contribution in [0.25, 0.3) is 22.3 Å². The van der Waals surface area contributed by atoms with Crippen molar-refractivity contribution >= 4 is 28.4 Å². The van der Waals surface area contributed by atoms with Crippen LogP contribution < -0.4 is 24.8 Å². The van der Waals surface area contributed by atoms with Crippen LogP contribution in [-0.4, -0.2) is 45.0 Å². The molecule has 0 atom stereocenters. The number of nitrogens with zero attached hydrogens (tertiary/aromatic N) is 4. The molecule has 2 aromatic carbocycles. The number of anilines is 2. The van der Waals surface area contributed by atoms with Gasteiger partial charge < -0.3 is 24.5 Å². The Kier molecular flexibility index (Phi) is 7.22. The number of methoxy groups -OCH3 is 2. The minimum Gasteiger partial charge on any atom is -0.493 e. The van der Waals surface area contributed by atoms with Crippen molar-refractivity contribution < 1.29 is 23.4 Å². The van der Waals surface area contributed by atoms with Gasteiger partial charge in [-0.15, -0.1) is 0 Å². The molecule has 5 aromatic rings. The number of H-pyrrole nitrogens is 1. The highest BCUT2D eigenvalue weighted by atomic mass is 19.1. The maximum absolute atomic E-state index is 15.1. The fraction of sp³-hybridized carbons (Fsp3) is 0.241. The molecule has 0 saturated heterocycles. The lowest BCUT2D eigenvalue weighted by Crippen LogP contribution is -2.20. The number of imidazole rings is 1. The van der Waals surface area contributed by atoms with Gasteiger partial charge in [0.05, 0.1) is 25.4 Å². The van der Waals surface area contributed by atoms with E-state index >= 15 is 4.39 Å². The molecular weight excluding hydrogens is 529 g/mol. The lowest BCUT2D eigenvalue weighted by atomic mass is 9.96. The van der Waals surface area contributed by atoms with Gasteiger partial charge in [0, 0.05) is 48.1 Å². The van der Waals surface area contributed by atoms with E-state index in [9.17, 15) is 4.79 Å². The van der Waals surface area contributed by atoms with Gasteiger partial charge >= 0.3 is 6.03 Å². The van der Waals surface area contributed by atoms with Crippen LogP contribution in [0, 0.1) is 5.82 Å². The first-order valence-corrected chi connectivity index (χ1v) is 12.7. The highest BCUT2D eigenvalue weighted by Gasteiger charge is 2.24.